The molecule has 19 heavy (non-hydrogen) atoms. The number of nitrogens with zero attached hydrogens (tertiary/aromatic N) is 2. The Balaban J connectivity index is 2.22. The molecule has 0 saturated carbocycles. The van der Waals surface area contributed by atoms with Gasteiger partial charge in [0.2, 0.25) is 10.0 Å². The van der Waals surface area contributed by atoms with Crippen molar-refractivity contribution in [2.24, 2.45) is 0 Å². The van der Waals surface area contributed by atoms with Crippen molar-refractivity contribution in [1.82, 2.24) is 14.5 Å². The normalized spacial score (nSPS) is 17.7. The second-order valence-electron chi connectivity index (χ2n) is 5.65. The minimum Gasteiger partial charge on any atom is -0.314 e. The van der Waals surface area contributed by atoms with Crippen LogP contribution in [0.4, 0.5) is 0 Å². The Morgan fingerprint density at radius 2 is 1.89 bits per heavy atom. The molecule has 5 nitrogen and oxygen atoms in total. The first kappa shape index (κ1) is 16.9. The van der Waals surface area contributed by atoms with E-state index in [9.17, 15) is 8.42 Å². The molecule has 0 amide bonds. The van der Waals surface area contributed by atoms with Crippen molar-refractivity contribution in [1.29, 1.82) is 0 Å². The molecule has 0 radical (unpaired) electrons. The number of sulfonamides is 1. The van der Waals surface area contributed by atoms with E-state index in [0.29, 0.717) is 19.0 Å². The molecular weight excluding hydrogens is 262 g/mol. The van der Waals surface area contributed by atoms with E-state index in [1.165, 1.54) is 17.1 Å². The zero-order valence-corrected chi connectivity index (χ0v) is 13.4. The van der Waals surface area contributed by atoms with E-state index in [-0.39, 0.29) is 5.75 Å². The van der Waals surface area contributed by atoms with E-state index >= 15 is 0 Å². The van der Waals surface area contributed by atoms with Gasteiger partial charge in [-0.15, -0.1) is 0 Å². The molecule has 114 valence electrons. The van der Waals surface area contributed by atoms with Crippen molar-refractivity contribution in [3.8, 4) is 0 Å². The maximum Gasteiger partial charge on any atom is 0.213 e. The van der Waals surface area contributed by atoms with Crippen molar-refractivity contribution in [2.45, 2.75) is 39.2 Å². The van der Waals surface area contributed by atoms with Gasteiger partial charge >= 0.3 is 0 Å². The van der Waals surface area contributed by atoms with E-state index in [1.54, 1.807) is 7.05 Å². The highest BCUT2D eigenvalue weighted by atomic mass is 32.2. The van der Waals surface area contributed by atoms with Gasteiger partial charge in [0.05, 0.1) is 5.75 Å². The van der Waals surface area contributed by atoms with Gasteiger partial charge < -0.3 is 10.2 Å². The van der Waals surface area contributed by atoms with Gasteiger partial charge in [-0.05, 0) is 38.9 Å². The Kier molecular flexibility index (Phi) is 7.28. The summed E-state index contributed by atoms with van der Waals surface area (Å²) in [6.45, 7) is 8.60. The van der Waals surface area contributed by atoms with Crippen LogP contribution in [-0.4, -0.2) is 69.2 Å². The quantitative estimate of drug-likeness (QED) is 0.636. The van der Waals surface area contributed by atoms with Crippen LogP contribution in [-0.2, 0) is 10.0 Å². The van der Waals surface area contributed by atoms with Crippen LogP contribution in [0.2, 0.25) is 0 Å². The fourth-order valence-corrected chi connectivity index (χ4v) is 3.41. The summed E-state index contributed by atoms with van der Waals surface area (Å²) in [7, 11) is -1.39. The van der Waals surface area contributed by atoms with E-state index < -0.39 is 10.0 Å². The number of nitrogens with one attached hydrogen (secondary N) is 1. The summed E-state index contributed by atoms with van der Waals surface area (Å²) >= 11 is 0. The molecule has 1 aliphatic heterocycles. The van der Waals surface area contributed by atoms with E-state index in [0.717, 1.165) is 26.2 Å². The number of hydrogen-bond acceptors (Lipinski definition) is 4. The third-order valence-corrected chi connectivity index (χ3v) is 5.47. The van der Waals surface area contributed by atoms with Crippen molar-refractivity contribution in [2.75, 3.05) is 45.5 Å². The SMILES string of the molecule is CC(C)NCCCS(=O)(=O)N(C)CCN1CCCC1. The molecule has 0 aromatic rings. The largest absolute Gasteiger partial charge is 0.314 e. The molecule has 0 aromatic carbocycles. The van der Waals surface area contributed by atoms with Crippen LogP contribution in [0.5, 0.6) is 0 Å². The molecule has 0 spiro atoms. The molecule has 1 saturated heterocycles. The Morgan fingerprint density at radius 1 is 1.26 bits per heavy atom. The standard InChI is InChI=1S/C13H29N3O2S/c1-13(2)14-7-6-12-19(17,18)15(3)10-11-16-8-4-5-9-16/h13-14H,4-12H2,1-3H3. The van der Waals surface area contributed by atoms with Gasteiger partial charge in [0.25, 0.3) is 0 Å². The van der Waals surface area contributed by atoms with Crippen molar-refractivity contribution in [3.63, 3.8) is 0 Å². The fourth-order valence-electron chi connectivity index (χ4n) is 2.23. The summed E-state index contributed by atoms with van der Waals surface area (Å²) in [4.78, 5) is 2.34. The summed E-state index contributed by atoms with van der Waals surface area (Å²) < 4.78 is 25.6. The van der Waals surface area contributed by atoms with Gasteiger partial charge in [0.15, 0.2) is 0 Å². The lowest BCUT2D eigenvalue weighted by atomic mass is 10.4. The fraction of sp³-hybridized carbons (Fsp3) is 1.00. The summed E-state index contributed by atoms with van der Waals surface area (Å²) in [6, 6.07) is 0.413. The third-order valence-electron chi connectivity index (χ3n) is 3.54. The van der Waals surface area contributed by atoms with E-state index in [4.69, 9.17) is 0 Å². The molecule has 0 unspecified atom stereocenters. The molecule has 0 aliphatic carbocycles. The van der Waals surface area contributed by atoms with Crippen molar-refractivity contribution in [3.05, 3.63) is 0 Å². The van der Waals surface area contributed by atoms with Crippen molar-refractivity contribution >= 4 is 10.0 Å². The number of likely N-dealkylation sites (tertiary alicyclic amines) is 1. The van der Waals surface area contributed by atoms with Crippen LogP contribution < -0.4 is 5.32 Å². The van der Waals surface area contributed by atoms with Crippen LogP contribution in [0.3, 0.4) is 0 Å². The predicted octanol–water partition coefficient (Wildman–Crippen LogP) is 0.732. The van der Waals surface area contributed by atoms with Crippen molar-refractivity contribution < 1.29 is 8.42 Å². The number of likely N-dealkylation sites (N-methyl/N-ethyl adjacent to an activating group) is 1. The Hall–Kier alpha value is -0.170. The van der Waals surface area contributed by atoms with E-state index in [2.05, 4.69) is 24.1 Å². The predicted molar refractivity (Wildman–Crippen MR) is 79.8 cm³/mol. The lowest BCUT2D eigenvalue weighted by Crippen LogP contribution is -2.37. The monoisotopic (exact) mass is 291 g/mol. The molecule has 1 N–H and O–H groups in total. The molecule has 1 fully saturated rings. The summed E-state index contributed by atoms with van der Waals surface area (Å²) in [5.74, 6) is 0.239. The van der Waals surface area contributed by atoms with Crippen LogP contribution >= 0.6 is 0 Å². The maximum atomic E-state index is 12.1. The zero-order chi connectivity index (χ0) is 14.3. The molecule has 0 atom stereocenters. The minimum atomic E-state index is -3.08. The van der Waals surface area contributed by atoms with Gasteiger partial charge in [-0.2, -0.15) is 0 Å². The molecule has 1 heterocycles. The third kappa shape index (κ3) is 6.70. The Morgan fingerprint density at radius 3 is 2.47 bits per heavy atom. The topological polar surface area (TPSA) is 52.7 Å². The maximum absolute atomic E-state index is 12.1. The van der Waals surface area contributed by atoms with Gasteiger partial charge in [-0.1, -0.05) is 13.8 Å². The smallest absolute Gasteiger partial charge is 0.213 e. The molecule has 1 aliphatic rings. The van der Waals surface area contributed by atoms with Crippen LogP contribution in [0, 0.1) is 0 Å². The highest BCUT2D eigenvalue weighted by Crippen LogP contribution is 2.08. The minimum absolute atomic E-state index is 0.239. The first-order valence-electron chi connectivity index (χ1n) is 7.31. The zero-order valence-electron chi connectivity index (χ0n) is 12.6. The number of hydrogen-bond donors (Lipinski definition) is 1. The van der Waals surface area contributed by atoms with Gasteiger partial charge in [0, 0.05) is 26.2 Å². The van der Waals surface area contributed by atoms with Crippen LogP contribution in [0.1, 0.15) is 33.1 Å². The number of rotatable bonds is 9. The van der Waals surface area contributed by atoms with Gasteiger partial charge in [-0.25, -0.2) is 12.7 Å². The molecular formula is C13H29N3O2S. The molecule has 1 rings (SSSR count). The molecule has 0 bridgehead atoms. The van der Waals surface area contributed by atoms with Crippen LogP contribution in [0.25, 0.3) is 0 Å². The Bertz CT molecular complexity index is 338. The van der Waals surface area contributed by atoms with E-state index in [1.807, 2.05) is 0 Å². The highest BCUT2D eigenvalue weighted by Gasteiger charge is 2.19. The summed E-state index contributed by atoms with van der Waals surface area (Å²) in [5.41, 5.74) is 0. The first-order chi connectivity index (χ1) is 8.92. The van der Waals surface area contributed by atoms with Crippen LogP contribution in [0.15, 0.2) is 0 Å². The average molecular weight is 291 g/mol. The van der Waals surface area contributed by atoms with Gasteiger partial charge in [0.1, 0.15) is 0 Å². The second-order valence-corrected chi connectivity index (χ2v) is 7.84. The lowest BCUT2D eigenvalue weighted by molar-refractivity contribution is 0.310. The summed E-state index contributed by atoms with van der Waals surface area (Å²) in [6.07, 6.45) is 3.17. The van der Waals surface area contributed by atoms with Gasteiger partial charge in [-0.3, -0.25) is 0 Å². The second kappa shape index (κ2) is 8.19. The average Bonchev–Trinajstić information content (AvgIpc) is 2.84. The summed E-state index contributed by atoms with van der Waals surface area (Å²) in [5, 5.41) is 3.24. The molecule has 6 heteroatoms. The lowest BCUT2D eigenvalue weighted by Gasteiger charge is -2.21. The molecule has 0 aromatic heterocycles. The Labute approximate surface area is 118 Å². The first-order valence-corrected chi connectivity index (χ1v) is 8.92. The highest BCUT2D eigenvalue weighted by molar-refractivity contribution is 7.89.